The van der Waals surface area contributed by atoms with E-state index in [1.807, 2.05) is 6.92 Å². The molecule has 2 rings (SSSR count). The summed E-state index contributed by atoms with van der Waals surface area (Å²) in [4.78, 5) is 23.6. The third-order valence-corrected chi connectivity index (χ3v) is 3.49. The quantitative estimate of drug-likeness (QED) is 0.917. The molecule has 0 spiro atoms. The topological polar surface area (TPSA) is 56.0 Å². The molecule has 1 aromatic heterocycles. The largest absolute Gasteiger partial charge is 0.330 e. The molecule has 1 atom stereocenters. The van der Waals surface area contributed by atoms with Crippen LogP contribution in [0.15, 0.2) is 40.1 Å². The molecule has 0 saturated heterocycles. The van der Waals surface area contributed by atoms with Crippen LogP contribution < -0.4 is 16.6 Å². The van der Waals surface area contributed by atoms with Gasteiger partial charge in [0.05, 0.1) is 0 Å². The molecule has 0 fully saturated rings. The number of halogens is 1. The maximum Gasteiger partial charge on any atom is 0.330 e. The van der Waals surface area contributed by atoms with Gasteiger partial charge in [-0.3, -0.25) is 9.36 Å². The fourth-order valence-electron chi connectivity index (χ4n) is 2.20. The number of hydrogen-bond acceptors (Lipinski definition) is 3. The van der Waals surface area contributed by atoms with Crippen molar-refractivity contribution in [2.24, 2.45) is 14.1 Å². The van der Waals surface area contributed by atoms with Crippen molar-refractivity contribution in [2.45, 2.75) is 19.5 Å². The first-order chi connectivity index (χ1) is 9.91. The molecule has 0 unspecified atom stereocenters. The van der Waals surface area contributed by atoms with E-state index in [9.17, 15) is 14.0 Å². The van der Waals surface area contributed by atoms with Crippen molar-refractivity contribution in [3.05, 3.63) is 68.2 Å². The Hall–Kier alpha value is -2.21. The molecule has 1 heterocycles. The van der Waals surface area contributed by atoms with E-state index in [1.165, 1.54) is 23.9 Å². The second-order valence-electron chi connectivity index (χ2n) is 5.04. The third kappa shape index (κ3) is 3.11. The van der Waals surface area contributed by atoms with Crippen molar-refractivity contribution >= 4 is 0 Å². The number of rotatable bonds is 4. The number of nitrogens with one attached hydrogen (secondary N) is 1. The Morgan fingerprint density at radius 1 is 1.24 bits per heavy atom. The number of hydrogen-bond donors (Lipinski definition) is 1. The van der Waals surface area contributed by atoms with Gasteiger partial charge in [-0.1, -0.05) is 18.2 Å². The lowest BCUT2D eigenvalue weighted by molar-refractivity contribution is 0.521. The van der Waals surface area contributed by atoms with Crippen LogP contribution in [-0.4, -0.2) is 9.13 Å². The summed E-state index contributed by atoms with van der Waals surface area (Å²) in [6.45, 7) is 2.08. The lowest BCUT2D eigenvalue weighted by Crippen LogP contribution is -2.39. The van der Waals surface area contributed by atoms with Crippen LogP contribution in [0, 0.1) is 5.82 Å². The second kappa shape index (κ2) is 6.05. The van der Waals surface area contributed by atoms with Gasteiger partial charge in [-0.2, -0.15) is 0 Å². The Labute approximate surface area is 121 Å². The van der Waals surface area contributed by atoms with Gasteiger partial charge >= 0.3 is 5.69 Å². The van der Waals surface area contributed by atoms with Crippen molar-refractivity contribution in [3.8, 4) is 0 Å². The zero-order valence-corrected chi connectivity index (χ0v) is 12.3. The molecule has 5 nitrogen and oxygen atoms in total. The van der Waals surface area contributed by atoms with Gasteiger partial charge in [0.15, 0.2) is 0 Å². The van der Waals surface area contributed by atoms with E-state index in [1.54, 1.807) is 25.2 Å². The van der Waals surface area contributed by atoms with Gasteiger partial charge < -0.3 is 9.88 Å². The minimum atomic E-state index is -0.370. The van der Waals surface area contributed by atoms with Crippen molar-refractivity contribution in [1.82, 2.24) is 14.5 Å². The average Bonchev–Trinajstić information content (AvgIpc) is 2.47. The highest BCUT2D eigenvalue weighted by Gasteiger charge is 2.12. The van der Waals surface area contributed by atoms with Crippen molar-refractivity contribution < 1.29 is 4.39 Å². The standard InChI is InChI=1S/C15H18FN3O2/c1-10(12-6-4-5-7-13(12)16)17-8-11-9-18(2)15(21)19(3)14(11)20/h4-7,9-10,17H,8H2,1-3H3/t10-/m1/s1. The van der Waals surface area contributed by atoms with Crippen molar-refractivity contribution in [3.63, 3.8) is 0 Å². The number of nitrogens with zero attached hydrogens (tertiary/aromatic N) is 2. The first-order valence-corrected chi connectivity index (χ1v) is 6.65. The van der Waals surface area contributed by atoms with Crippen LogP contribution in [0.2, 0.25) is 0 Å². The maximum absolute atomic E-state index is 13.7. The SMILES string of the molecule is C[C@@H](NCc1cn(C)c(=O)n(C)c1=O)c1ccccc1F. The zero-order chi connectivity index (χ0) is 15.6. The average molecular weight is 291 g/mol. The molecule has 1 aromatic carbocycles. The van der Waals surface area contributed by atoms with Gasteiger partial charge in [0, 0.05) is 44.0 Å². The summed E-state index contributed by atoms with van der Waals surface area (Å²) in [6.07, 6.45) is 1.51. The first kappa shape index (κ1) is 15.2. The fraction of sp³-hybridized carbons (Fsp3) is 0.333. The Morgan fingerprint density at radius 2 is 1.90 bits per heavy atom. The summed E-state index contributed by atoms with van der Waals surface area (Å²) in [6, 6.07) is 6.26. The fourth-order valence-corrected chi connectivity index (χ4v) is 2.20. The van der Waals surface area contributed by atoms with Crippen LogP contribution in [0.1, 0.15) is 24.1 Å². The molecule has 0 saturated carbocycles. The summed E-state index contributed by atoms with van der Waals surface area (Å²) in [7, 11) is 3.03. The maximum atomic E-state index is 13.7. The van der Waals surface area contributed by atoms with Gasteiger partial charge in [-0.15, -0.1) is 0 Å². The molecular weight excluding hydrogens is 273 g/mol. The van der Waals surface area contributed by atoms with Gasteiger partial charge in [0.25, 0.3) is 5.56 Å². The molecule has 21 heavy (non-hydrogen) atoms. The molecule has 0 radical (unpaired) electrons. The molecule has 6 heteroatoms. The molecule has 112 valence electrons. The lowest BCUT2D eigenvalue weighted by Gasteiger charge is -2.15. The molecule has 0 bridgehead atoms. The van der Waals surface area contributed by atoms with Crippen LogP contribution in [0.4, 0.5) is 4.39 Å². The summed E-state index contributed by atoms with van der Waals surface area (Å²) in [5.41, 5.74) is 0.291. The van der Waals surface area contributed by atoms with Crippen LogP contribution >= 0.6 is 0 Å². The lowest BCUT2D eigenvalue weighted by atomic mass is 10.1. The van der Waals surface area contributed by atoms with Gasteiger partial charge in [0.2, 0.25) is 0 Å². The highest BCUT2D eigenvalue weighted by molar-refractivity contribution is 5.20. The van der Waals surface area contributed by atoms with E-state index in [2.05, 4.69) is 5.32 Å². The van der Waals surface area contributed by atoms with Crippen molar-refractivity contribution in [2.75, 3.05) is 0 Å². The second-order valence-corrected chi connectivity index (χ2v) is 5.04. The van der Waals surface area contributed by atoms with E-state index in [0.29, 0.717) is 11.1 Å². The van der Waals surface area contributed by atoms with Crippen LogP contribution in [-0.2, 0) is 20.6 Å². The molecule has 0 aliphatic heterocycles. The Kier molecular flexibility index (Phi) is 4.37. The predicted octanol–water partition coefficient (Wildman–Crippen LogP) is 1.07. The molecule has 1 N–H and O–H groups in total. The summed E-state index contributed by atoms with van der Waals surface area (Å²) >= 11 is 0. The van der Waals surface area contributed by atoms with E-state index in [4.69, 9.17) is 0 Å². The van der Waals surface area contributed by atoms with E-state index < -0.39 is 0 Å². The molecule has 0 aliphatic rings. The van der Waals surface area contributed by atoms with Crippen LogP contribution in [0.25, 0.3) is 0 Å². The van der Waals surface area contributed by atoms with Crippen LogP contribution in [0.3, 0.4) is 0 Å². The van der Waals surface area contributed by atoms with Gasteiger partial charge in [0.1, 0.15) is 5.82 Å². The number of benzene rings is 1. The number of aromatic nitrogens is 2. The minimum absolute atomic E-state index is 0.242. The Balaban J connectivity index is 2.20. The highest BCUT2D eigenvalue weighted by Crippen LogP contribution is 2.16. The van der Waals surface area contributed by atoms with Gasteiger partial charge in [-0.25, -0.2) is 9.18 Å². The van der Waals surface area contributed by atoms with Crippen LogP contribution in [0.5, 0.6) is 0 Å². The zero-order valence-electron chi connectivity index (χ0n) is 12.3. The highest BCUT2D eigenvalue weighted by atomic mass is 19.1. The van der Waals surface area contributed by atoms with Gasteiger partial charge in [-0.05, 0) is 13.0 Å². The molecule has 0 amide bonds. The Bertz CT molecular complexity index is 764. The monoisotopic (exact) mass is 291 g/mol. The van der Waals surface area contributed by atoms with E-state index >= 15 is 0 Å². The normalized spacial score (nSPS) is 12.4. The van der Waals surface area contributed by atoms with Crippen molar-refractivity contribution in [1.29, 1.82) is 0 Å². The molecule has 0 aliphatic carbocycles. The summed E-state index contributed by atoms with van der Waals surface area (Å²) < 4.78 is 16.1. The summed E-state index contributed by atoms with van der Waals surface area (Å²) in [5, 5.41) is 3.10. The minimum Gasteiger partial charge on any atom is -0.306 e. The number of aryl methyl sites for hydroxylation is 1. The third-order valence-electron chi connectivity index (χ3n) is 3.49. The Morgan fingerprint density at radius 3 is 2.57 bits per heavy atom. The first-order valence-electron chi connectivity index (χ1n) is 6.65. The van der Waals surface area contributed by atoms with E-state index in [-0.39, 0.29) is 29.7 Å². The van der Waals surface area contributed by atoms with E-state index in [0.717, 1.165) is 4.57 Å². The smallest absolute Gasteiger partial charge is 0.306 e. The summed E-state index contributed by atoms with van der Waals surface area (Å²) in [5.74, 6) is -0.286. The molecule has 2 aromatic rings. The molecular formula is C15H18FN3O2. The predicted molar refractivity (Wildman–Crippen MR) is 78.6 cm³/mol.